The Labute approximate surface area is 124 Å². The molecule has 1 aliphatic rings. The summed E-state index contributed by atoms with van der Waals surface area (Å²) < 4.78 is 5.37. The van der Waals surface area contributed by atoms with Crippen molar-refractivity contribution in [3.8, 4) is 0 Å². The maximum absolute atomic E-state index is 12.3. The van der Waals surface area contributed by atoms with Crippen LogP contribution >= 0.6 is 0 Å². The molecule has 0 spiro atoms. The molecule has 0 heterocycles. The van der Waals surface area contributed by atoms with Crippen molar-refractivity contribution in [2.75, 3.05) is 11.9 Å². The number of anilines is 1. The van der Waals surface area contributed by atoms with Gasteiger partial charge in [0.25, 0.3) is 0 Å². The van der Waals surface area contributed by atoms with E-state index in [-0.39, 0.29) is 5.91 Å². The number of amides is 1. The van der Waals surface area contributed by atoms with Crippen LogP contribution in [0.1, 0.15) is 26.3 Å². The van der Waals surface area contributed by atoms with Gasteiger partial charge >= 0.3 is 5.97 Å². The van der Waals surface area contributed by atoms with Crippen LogP contribution in [0.5, 0.6) is 0 Å². The van der Waals surface area contributed by atoms with Crippen LogP contribution in [-0.4, -0.2) is 23.6 Å². The highest BCUT2D eigenvalue weighted by Crippen LogP contribution is 2.58. The molecule has 2 rings (SSSR count). The van der Waals surface area contributed by atoms with Crippen molar-refractivity contribution in [2.45, 2.75) is 27.4 Å². The molecule has 1 amide bonds. The summed E-state index contributed by atoms with van der Waals surface area (Å²) in [4.78, 5) is 23.5. The number of carbonyl (C=O) groups excluding carboxylic acids is 1. The first-order chi connectivity index (χ1) is 9.89. The molecule has 0 aromatic heterocycles. The maximum Gasteiger partial charge on any atom is 0.307 e. The van der Waals surface area contributed by atoms with E-state index in [1.165, 1.54) is 0 Å². The standard InChI is InChI=1S/C16H21NO4/c1-4-21-9-10-7-5-6-8-11(10)17-14(18)12-13(15(19)20)16(12,2)3/h5-8,12-13H,4,9H2,1-3H3,(H,17,18)(H,19,20). The van der Waals surface area contributed by atoms with Crippen LogP contribution in [0.2, 0.25) is 0 Å². The van der Waals surface area contributed by atoms with E-state index >= 15 is 0 Å². The Balaban J connectivity index is 2.09. The van der Waals surface area contributed by atoms with E-state index in [9.17, 15) is 9.59 Å². The molecular weight excluding hydrogens is 270 g/mol. The van der Waals surface area contributed by atoms with Crippen LogP contribution < -0.4 is 5.32 Å². The molecule has 2 N–H and O–H groups in total. The topological polar surface area (TPSA) is 75.6 Å². The van der Waals surface area contributed by atoms with Crippen molar-refractivity contribution in [3.63, 3.8) is 0 Å². The van der Waals surface area contributed by atoms with Gasteiger partial charge in [-0.25, -0.2) is 0 Å². The monoisotopic (exact) mass is 291 g/mol. The summed E-state index contributed by atoms with van der Waals surface area (Å²) in [6.45, 7) is 6.54. The second-order valence-electron chi connectivity index (χ2n) is 5.90. The molecule has 1 aliphatic carbocycles. The third-order valence-electron chi connectivity index (χ3n) is 4.11. The Kier molecular flexibility index (Phi) is 4.32. The molecule has 21 heavy (non-hydrogen) atoms. The Morgan fingerprint density at radius 1 is 1.29 bits per heavy atom. The summed E-state index contributed by atoms with van der Waals surface area (Å²) in [6, 6.07) is 7.40. The summed E-state index contributed by atoms with van der Waals surface area (Å²) in [6.07, 6.45) is 0. The van der Waals surface area contributed by atoms with Gasteiger partial charge in [0, 0.05) is 17.9 Å². The molecule has 5 heteroatoms. The van der Waals surface area contributed by atoms with E-state index in [0.29, 0.717) is 18.9 Å². The van der Waals surface area contributed by atoms with Crippen molar-refractivity contribution < 1.29 is 19.4 Å². The van der Waals surface area contributed by atoms with Crippen molar-refractivity contribution >= 4 is 17.6 Å². The summed E-state index contributed by atoms with van der Waals surface area (Å²) in [5, 5.41) is 12.0. The molecule has 1 aromatic carbocycles. The normalized spacial score (nSPS) is 22.6. The quantitative estimate of drug-likeness (QED) is 0.844. The number of benzene rings is 1. The lowest BCUT2D eigenvalue weighted by molar-refractivity contribution is -0.140. The highest BCUT2D eigenvalue weighted by Gasteiger charge is 2.65. The second-order valence-corrected chi connectivity index (χ2v) is 5.90. The number of carboxylic acid groups (broad SMARTS) is 1. The maximum atomic E-state index is 12.3. The largest absolute Gasteiger partial charge is 0.481 e. The Morgan fingerprint density at radius 2 is 1.95 bits per heavy atom. The van der Waals surface area contributed by atoms with Crippen molar-refractivity contribution in [1.29, 1.82) is 0 Å². The molecule has 0 radical (unpaired) electrons. The van der Waals surface area contributed by atoms with Gasteiger partial charge in [-0.1, -0.05) is 32.0 Å². The number of rotatable bonds is 6. The molecule has 2 unspecified atom stereocenters. The summed E-state index contributed by atoms with van der Waals surface area (Å²) in [5.41, 5.74) is 1.07. The predicted octanol–water partition coefficient (Wildman–Crippen LogP) is 2.52. The van der Waals surface area contributed by atoms with E-state index in [0.717, 1.165) is 5.56 Å². The van der Waals surface area contributed by atoms with Crippen LogP contribution in [0.4, 0.5) is 5.69 Å². The molecule has 114 valence electrons. The van der Waals surface area contributed by atoms with Gasteiger partial charge in [-0.05, 0) is 18.4 Å². The predicted molar refractivity (Wildman–Crippen MR) is 78.8 cm³/mol. The molecule has 0 aliphatic heterocycles. The first kappa shape index (κ1) is 15.5. The van der Waals surface area contributed by atoms with Crippen LogP contribution in [0.25, 0.3) is 0 Å². The van der Waals surface area contributed by atoms with Gasteiger partial charge in [-0.15, -0.1) is 0 Å². The fraction of sp³-hybridized carbons (Fsp3) is 0.500. The van der Waals surface area contributed by atoms with Gasteiger partial charge < -0.3 is 15.2 Å². The van der Waals surface area contributed by atoms with Crippen molar-refractivity contribution in [3.05, 3.63) is 29.8 Å². The average Bonchev–Trinajstić information content (AvgIpc) is 3.01. The molecule has 1 fully saturated rings. The zero-order chi connectivity index (χ0) is 15.6. The highest BCUT2D eigenvalue weighted by atomic mass is 16.5. The minimum absolute atomic E-state index is 0.239. The summed E-state index contributed by atoms with van der Waals surface area (Å²) in [5.74, 6) is -2.26. The Bertz CT molecular complexity index is 553. The third-order valence-corrected chi connectivity index (χ3v) is 4.11. The number of nitrogens with one attached hydrogen (secondary N) is 1. The molecule has 2 atom stereocenters. The Hall–Kier alpha value is -1.88. The number of carbonyl (C=O) groups is 2. The van der Waals surface area contributed by atoms with Gasteiger partial charge in [0.05, 0.1) is 18.4 Å². The lowest BCUT2D eigenvalue weighted by Gasteiger charge is -2.11. The Morgan fingerprint density at radius 3 is 2.52 bits per heavy atom. The fourth-order valence-corrected chi connectivity index (χ4v) is 2.78. The van der Waals surface area contributed by atoms with Crippen LogP contribution in [-0.2, 0) is 20.9 Å². The number of ether oxygens (including phenoxy) is 1. The van der Waals surface area contributed by atoms with Gasteiger partial charge in [-0.2, -0.15) is 0 Å². The number of para-hydroxylation sites is 1. The van der Waals surface area contributed by atoms with Crippen molar-refractivity contribution in [1.82, 2.24) is 0 Å². The van der Waals surface area contributed by atoms with Crippen molar-refractivity contribution in [2.24, 2.45) is 17.3 Å². The first-order valence-electron chi connectivity index (χ1n) is 7.09. The zero-order valence-electron chi connectivity index (χ0n) is 12.6. The van der Waals surface area contributed by atoms with Gasteiger partial charge in [0.15, 0.2) is 0 Å². The summed E-state index contributed by atoms with van der Waals surface area (Å²) >= 11 is 0. The smallest absolute Gasteiger partial charge is 0.307 e. The number of aliphatic carboxylic acids is 1. The van der Waals surface area contributed by atoms with Crippen LogP contribution in [0.15, 0.2) is 24.3 Å². The van der Waals surface area contributed by atoms with E-state index < -0.39 is 23.2 Å². The zero-order valence-corrected chi connectivity index (χ0v) is 12.6. The lowest BCUT2D eigenvalue weighted by atomic mass is 10.1. The highest BCUT2D eigenvalue weighted by molar-refractivity contribution is 6.00. The van der Waals surface area contributed by atoms with Crippen LogP contribution in [0.3, 0.4) is 0 Å². The van der Waals surface area contributed by atoms with E-state index in [1.54, 1.807) is 6.07 Å². The molecular formula is C16H21NO4. The fourth-order valence-electron chi connectivity index (χ4n) is 2.78. The molecule has 0 saturated heterocycles. The minimum Gasteiger partial charge on any atom is -0.481 e. The number of hydrogen-bond donors (Lipinski definition) is 2. The minimum atomic E-state index is -0.914. The van der Waals surface area contributed by atoms with Gasteiger partial charge in [0.1, 0.15) is 0 Å². The van der Waals surface area contributed by atoms with E-state index in [4.69, 9.17) is 9.84 Å². The van der Waals surface area contributed by atoms with Gasteiger partial charge in [0.2, 0.25) is 5.91 Å². The lowest BCUT2D eigenvalue weighted by Crippen LogP contribution is -2.18. The molecule has 1 aromatic rings. The SMILES string of the molecule is CCOCc1ccccc1NC(=O)C1C(C(=O)O)C1(C)C. The van der Waals surface area contributed by atoms with E-state index in [2.05, 4.69) is 5.32 Å². The number of hydrogen-bond acceptors (Lipinski definition) is 3. The third kappa shape index (κ3) is 3.08. The summed E-state index contributed by atoms with van der Waals surface area (Å²) in [7, 11) is 0. The van der Waals surface area contributed by atoms with E-state index in [1.807, 2.05) is 39.0 Å². The number of carboxylic acids is 1. The molecule has 0 bridgehead atoms. The molecule has 5 nitrogen and oxygen atoms in total. The average molecular weight is 291 g/mol. The second kappa shape index (κ2) is 5.85. The molecule has 1 saturated carbocycles. The first-order valence-corrected chi connectivity index (χ1v) is 7.09. The van der Waals surface area contributed by atoms with Crippen LogP contribution in [0, 0.1) is 17.3 Å². The van der Waals surface area contributed by atoms with Gasteiger partial charge in [-0.3, -0.25) is 9.59 Å².